The van der Waals surface area contributed by atoms with Gasteiger partial charge in [0.1, 0.15) is 0 Å². The van der Waals surface area contributed by atoms with Gasteiger partial charge in [0.25, 0.3) is 5.91 Å². The number of rotatable bonds is 3. The Hall–Kier alpha value is -3.34. The van der Waals surface area contributed by atoms with Crippen LogP contribution in [0.25, 0.3) is 10.9 Å². The molecule has 0 unspecified atom stereocenters. The fourth-order valence-electron chi connectivity index (χ4n) is 4.44. The second-order valence-corrected chi connectivity index (χ2v) is 8.68. The number of piperidine rings is 1. The number of para-hydroxylation sites is 1. The molecular weight excluding hydrogens is 406 g/mol. The topological polar surface area (TPSA) is 89.8 Å². The molecule has 8 nitrogen and oxygen atoms in total. The van der Waals surface area contributed by atoms with Crippen LogP contribution >= 0.6 is 0 Å². The number of nitriles is 1. The van der Waals surface area contributed by atoms with Crippen molar-refractivity contribution >= 4 is 28.6 Å². The van der Waals surface area contributed by atoms with Crippen LogP contribution in [-0.4, -0.2) is 72.7 Å². The second kappa shape index (κ2) is 9.03. The minimum atomic E-state index is -0.332. The molecule has 0 aliphatic carbocycles. The summed E-state index contributed by atoms with van der Waals surface area (Å²) < 4.78 is 5.08. The summed E-state index contributed by atoms with van der Waals surface area (Å²) in [7, 11) is 0. The zero-order valence-corrected chi connectivity index (χ0v) is 18.7. The van der Waals surface area contributed by atoms with Crippen molar-refractivity contribution < 1.29 is 14.3 Å². The van der Waals surface area contributed by atoms with Crippen LogP contribution in [0.15, 0.2) is 30.5 Å². The fraction of sp³-hybridized carbons (Fsp3) is 0.500. The third-order valence-electron chi connectivity index (χ3n) is 6.52. The highest BCUT2D eigenvalue weighted by Gasteiger charge is 2.33. The van der Waals surface area contributed by atoms with Crippen LogP contribution in [0.4, 0.5) is 10.5 Å². The van der Waals surface area contributed by atoms with E-state index in [9.17, 15) is 14.9 Å². The third kappa shape index (κ3) is 4.20. The van der Waals surface area contributed by atoms with Gasteiger partial charge < -0.3 is 19.4 Å². The van der Waals surface area contributed by atoms with Crippen LogP contribution < -0.4 is 4.90 Å². The maximum atomic E-state index is 13.6. The van der Waals surface area contributed by atoms with E-state index in [0.29, 0.717) is 38.3 Å². The summed E-state index contributed by atoms with van der Waals surface area (Å²) in [6, 6.07) is 10.3. The number of amides is 2. The van der Waals surface area contributed by atoms with Gasteiger partial charge in [-0.25, -0.2) is 4.79 Å². The lowest BCUT2D eigenvalue weighted by Gasteiger charge is -2.38. The molecule has 0 N–H and O–H groups in total. The van der Waals surface area contributed by atoms with E-state index < -0.39 is 0 Å². The lowest BCUT2D eigenvalue weighted by Crippen LogP contribution is -2.51. The number of benzene rings is 1. The predicted molar refractivity (Wildman–Crippen MR) is 121 cm³/mol. The molecule has 2 saturated heterocycles. The molecule has 2 aliphatic rings. The van der Waals surface area contributed by atoms with Crippen LogP contribution in [-0.2, 0) is 4.74 Å². The Morgan fingerprint density at radius 3 is 2.41 bits per heavy atom. The first-order chi connectivity index (χ1) is 15.5. The molecule has 3 heterocycles. The number of hydrogen-bond donors (Lipinski definition) is 0. The number of carbonyl (C=O) groups is 2. The van der Waals surface area contributed by atoms with E-state index in [1.54, 1.807) is 22.9 Å². The Labute approximate surface area is 188 Å². The van der Waals surface area contributed by atoms with Gasteiger partial charge in [0, 0.05) is 50.9 Å². The van der Waals surface area contributed by atoms with Gasteiger partial charge in [-0.05, 0) is 32.8 Å². The smallest absolute Gasteiger partial charge is 0.409 e. The maximum absolute atomic E-state index is 13.6. The first kappa shape index (κ1) is 21.9. The molecule has 0 bridgehead atoms. The summed E-state index contributed by atoms with van der Waals surface area (Å²) in [5.41, 5.74) is 1.99. The van der Waals surface area contributed by atoms with Crippen LogP contribution in [0.5, 0.6) is 0 Å². The molecule has 0 spiro atoms. The molecule has 32 heavy (non-hydrogen) atoms. The van der Waals surface area contributed by atoms with Gasteiger partial charge in [0.15, 0.2) is 0 Å². The Kier molecular flexibility index (Phi) is 6.17. The molecule has 0 radical (unpaired) electrons. The number of anilines is 1. The molecule has 2 aromatic rings. The van der Waals surface area contributed by atoms with E-state index in [1.165, 1.54) is 0 Å². The number of carbonyl (C=O) groups excluding carboxylic acids is 2. The van der Waals surface area contributed by atoms with Gasteiger partial charge in [-0.3, -0.25) is 9.78 Å². The van der Waals surface area contributed by atoms with Gasteiger partial charge in [0.05, 0.1) is 34.9 Å². The van der Waals surface area contributed by atoms with Crippen molar-refractivity contribution in [3.05, 3.63) is 36.0 Å². The fourth-order valence-corrected chi connectivity index (χ4v) is 4.44. The third-order valence-corrected chi connectivity index (χ3v) is 6.52. The number of hydrogen-bond acceptors (Lipinski definition) is 6. The monoisotopic (exact) mass is 435 g/mol. The van der Waals surface area contributed by atoms with Crippen molar-refractivity contribution in [1.82, 2.24) is 14.8 Å². The summed E-state index contributed by atoms with van der Waals surface area (Å²) >= 11 is 0. The summed E-state index contributed by atoms with van der Waals surface area (Å²) in [5.74, 6) is -0.0737. The summed E-state index contributed by atoms with van der Waals surface area (Å²) in [4.78, 5) is 35.8. The SMILES string of the molecule is CCOC(=O)N1CCN(C(=O)c2cnc3ccccc3c2N2CCC(C)(C#N)CC2)CC1. The molecule has 2 fully saturated rings. The lowest BCUT2D eigenvalue weighted by molar-refractivity contribution is 0.0570. The Morgan fingerprint density at radius 2 is 1.75 bits per heavy atom. The maximum Gasteiger partial charge on any atom is 0.409 e. The van der Waals surface area contributed by atoms with Crippen molar-refractivity contribution in [2.24, 2.45) is 5.41 Å². The number of piperazine rings is 1. The lowest BCUT2D eigenvalue weighted by atomic mass is 9.81. The second-order valence-electron chi connectivity index (χ2n) is 8.68. The normalized spacial score (nSPS) is 18.3. The Balaban J connectivity index is 1.61. The van der Waals surface area contributed by atoms with Gasteiger partial charge in [0.2, 0.25) is 0 Å². The summed E-state index contributed by atoms with van der Waals surface area (Å²) in [6.45, 7) is 7.37. The zero-order chi connectivity index (χ0) is 22.7. The van der Waals surface area contributed by atoms with E-state index in [0.717, 1.165) is 42.5 Å². The van der Waals surface area contributed by atoms with Gasteiger partial charge in [-0.1, -0.05) is 18.2 Å². The highest BCUT2D eigenvalue weighted by Crippen LogP contribution is 2.37. The molecule has 168 valence electrons. The molecule has 2 aliphatic heterocycles. The standard InChI is InChI=1S/C24H29N5O3/c1-3-32-23(31)29-14-12-28(13-15-29)22(30)19-16-26-20-7-5-4-6-18(20)21(19)27-10-8-24(2,17-25)9-11-27/h4-7,16H,3,8-15H2,1-2H3. The number of aromatic nitrogens is 1. The van der Waals surface area contributed by atoms with Crippen molar-refractivity contribution in [3.63, 3.8) is 0 Å². The first-order valence-corrected chi connectivity index (χ1v) is 11.2. The molecule has 1 aromatic heterocycles. The van der Waals surface area contributed by atoms with Crippen LogP contribution in [0, 0.1) is 16.7 Å². The number of fused-ring (bicyclic) bond motifs is 1. The average molecular weight is 436 g/mol. The van der Waals surface area contributed by atoms with E-state index in [-0.39, 0.29) is 17.4 Å². The van der Waals surface area contributed by atoms with Crippen molar-refractivity contribution in [2.45, 2.75) is 26.7 Å². The van der Waals surface area contributed by atoms with Crippen molar-refractivity contribution in [1.29, 1.82) is 5.26 Å². The highest BCUT2D eigenvalue weighted by molar-refractivity contribution is 6.07. The average Bonchev–Trinajstić information content (AvgIpc) is 2.84. The molecule has 4 rings (SSSR count). The van der Waals surface area contributed by atoms with Crippen LogP contribution in [0.2, 0.25) is 0 Å². The number of ether oxygens (including phenoxy) is 1. The van der Waals surface area contributed by atoms with Crippen molar-refractivity contribution in [3.8, 4) is 6.07 Å². The highest BCUT2D eigenvalue weighted by atomic mass is 16.6. The summed E-state index contributed by atoms with van der Waals surface area (Å²) in [5, 5.41) is 10.5. The summed E-state index contributed by atoms with van der Waals surface area (Å²) in [6.07, 6.45) is 2.86. The first-order valence-electron chi connectivity index (χ1n) is 11.2. The quantitative estimate of drug-likeness (QED) is 0.735. The molecule has 1 aromatic carbocycles. The van der Waals surface area contributed by atoms with Crippen molar-refractivity contribution in [2.75, 3.05) is 50.8 Å². The van der Waals surface area contributed by atoms with E-state index in [2.05, 4.69) is 16.0 Å². The molecular formula is C24H29N5O3. The molecule has 2 amide bonds. The van der Waals surface area contributed by atoms with E-state index >= 15 is 0 Å². The van der Waals surface area contributed by atoms with E-state index in [4.69, 9.17) is 4.74 Å². The molecule has 8 heteroatoms. The molecule has 0 atom stereocenters. The predicted octanol–water partition coefficient (Wildman–Crippen LogP) is 3.28. The largest absolute Gasteiger partial charge is 0.450 e. The molecule has 0 saturated carbocycles. The van der Waals surface area contributed by atoms with Crippen LogP contribution in [0.1, 0.15) is 37.0 Å². The van der Waals surface area contributed by atoms with Gasteiger partial charge in [-0.2, -0.15) is 5.26 Å². The van der Waals surface area contributed by atoms with Crippen LogP contribution in [0.3, 0.4) is 0 Å². The van der Waals surface area contributed by atoms with E-state index in [1.807, 2.05) is 31.2 Å². The number of nitrogens with zero attached hydrogens (tertiary/aromatic N) is 5. The minimum Gasteiger partial charge on any atom is -0.450 e. The van der Waals surface area contributed by atoms with Gasteiger partial charge >= 0.3 is 6.09 Å². The Bertz CT molecular complexity index is 1050. The van der Waals surface area contributed by atoms with Gasteiger partial charge in [-0.15, -0.1) is 0 Å². The number of pyridine rings is 1. The minimum absolute atomic E-state index is 0.0737. The Morgan fingerprint density at radius 1 is 1.09 bits per heavy atom. The zero-order valence-electron chi connectivity index (χ0n) is 18.7.